The molecule has 0 fully saturated rings. The number of halogens is 1. The number of amides is 1. The highest BCUT2D eigenvalue weighted by molar-refractivity contribution is 5.85. The van der Waals surface area contributed by atoms with Crippen LogP contribution in [-0.2, 0) is 14.3 Å². The van der Waals surface area contributed by atoms with Gasteiger partial charge in [-0.15, -0.1) is 12.4 Å². The topological polar surface area (TPSA) is 95.4 Å². The van der Waals surface area contributed by atoms with Gasteiger partial charge < -0.3 is 16.2 Å². The monoisotopic (exact) mass is 224 g/mol. The van der Waals surface area contributed by atoms with Crippen LogP contribution in [0.4, 0.5) is 0 Å². The Morgan fingerprint density at radius 1 is 1.36 bits per heavy atom. The lowest BCUT2D eigenvalue weighted by Crippen LogP contribution is -2.39. The van der Waals surface area contributed by atoms with Crippen molar-refractivity contribution in [2.75, 3.05) is 0 Å². The maximum absolute atomic E-state index is 11.1. The summed E-state index contributed by atoms with van der Waals surface area (Å²) in [5, 5.41) is 0. The summed E-state index contributed by atoms with van der Waals surface area (Å²) in [6.07, 6.45) is -0.174. The molecule has 6 heteroatoms. The summed E-state index contributed by atoms with van der Waals surface area (Å²) >= 11 is 0. The third-order valence-electron chi connectivity index (χ3n) is 1.17. The molecule has 0 aliphatic carbocycles. The minimum Gasteiger partial charge on any atom is -0.460 e. The van der Waals surface area contributed by atoms with E-state index in [2.05, 4.69) is 0 Å². The molecule has 0 saturated heterocycles. The summed E-state index contributed by atoms with van der Waals surface area (Å²) in [7, 11) is 0. The van der Waals surface area contributed by atoms with Crippen molar-refractivity contribution >= 4 is 24.3 Å². The first-order chi connectivity index (χ1) is 5.72. The van der Waals surface area contributed by atoms with Gasteiger partial charge in [0.25, 0.3) is 0 Å². The fourth-order valence-corrected chi connectivity index (χ4v) is 0.663. The van der Waals surface area contributed by atoms with Crippen molar-refractivity contribution in [3.05, 3.63) is 0 Å². The van der Waals surface area contributed by atoms with E-state index in [-0.39, 0.29) is 18.8 Å². The normalized spacial score (nSPS) is 12.6. The Kier molecular flexibility index (Phi) is 6.51. The van der Waals surface area contributed by atoms with Gasteiger partial charge in [-0.05, 0) is 20.8 Å². The van der Waals surface area contributed by atoms with Gasteiger partial charge in [0.05, 0.1) is 12.5 Å². The zero-order valence-electron chi connectivity index (χ0n) is 8.57. The molecule has 0 spiro atoms. The summed E-state index contributed by atoms with van der Waals surface area (Å²) in [5.41, 5.74) is 9.58. The lowest BCUT2D eigenvalue weighted by molar-refractivity contribution is -0.156. The van der Waals surface area contributed by atoms with Crippen molar-refractivity contribution in [1.82, 2.24) is 0 Å². The first-order valence-corrected chi connectivity index (χ1v) is 3.99. The predicted molar refractivity (Wildman–Crippen MR) is 54.9 cm³/mol. The van der Waals surface area contributed by atoms with Gasteiger partial charge in [0, 0.05) is 0 Å². The highest BCUT2D eigenvalue weighted by atomic mass is 35.5. The smallest absolute Gasteiger partial charge is 0.308 e. The summed E-state index contributed by atoms with van der Waals surface area (Å²) < 4.78 is 4.93. The Hall–Kier alpha value is -0.810. The van der Waals surface area contributed by atoms with Gasteiger partial charge in [0.15, 0.2) is 0 Å². The molecule has 0 bridgehead atoms. The van der Waals surface area contributed by atoms with Crippen LogP contribution in [0.1, 0.15) is 27.2 Å². The number of hydrogen-bond acceptors (Lipinski definition) is 4. The Bertz CT molecular complexity index is 213. The van der Waals surface area contributed by atoms with Crippen LogP contribution in [-0.4, -0.2) is 23.5 Å². The number of rotatable bonds is 3. The molecule has 0 aromatic rings. The second-order valence-corrected chi connectivity index (χ2v) is 3.80. The largest absolute Gasteiger partial charge is 0.460 e. The van der Waals surface area contributed by atoms with Crippen molar-refractivity contribution in [2.24, 2.45) is 11.5 Å². The van der Waals surface area contributed by atoms with Gasteiger partial charge in [0.2, 0.25) is 5.91 Å². The van der Waals surface area contributed by atoms with Gasteiger partial charge in [-0.25, -0.2) is 0 Å². The number of carbonyl (C=O) groups is 2. The number of hydrogen-bond donors (Lipinski definition) is 2. The lowest BCUT2D eigenvalue weighted by atomic mass is 10.1. The van der Waals surface area contributed by atoms with Crippen LogP contribution in [0.25, 0.3) is 0 Å². The van der Waals surface area contributed by atoms with Crippen molar-refractivity contribution < 1.29 is 14.3 Å². The molecule has 0 unspecified atom stereocenters. The van der Waals surface area contributed by atoms with Gasteiger partial charge in [0.1, 0.15) is 5.60 Å². The maximum atomic E-state index is 11.1. The predicted octanol–water partition coefficient (Wildman–Crippen LogP) is -0.0474. The number of carbonyl (C=O) groups excluding carboxylic acids is 2. The highest BCUT2D eigenvalue weighted by Gasteiger charge is 2.20. The molecule has 14 heavy (non-hydrogen) atoms. The van der Waals surface area contributed by atoms with E-state index >= 15 is 0 Å². The highest BCUT2D eigenvalue weighted by Crippen LogP contribution is 2.08. The summed E-state index contributed by atoms with van der Waals surface area (Å²) in [4.78, 5) is 21.6. The minimum absolute atomic E-state index is 0. The summed E-state index contributed by atoms with van der Waals surface area (Å²) in [6, 6.07) is -0.963. The molecule has 0 aromatic heterocycles. The Labute approximate surface area is 89.6 Å². The van der Waals surface area contributed by atoms with Crippen LogP contribution in [0, 0.1) is 0 Å². The van der Waals surface area contributed by atoms with Crippen molar-refractivity contribution in [3.63, 3.8) is 0 Å². The average molecular weight is 225 g/mol. The third kappa shape index (κ3) is 7.82. The zero-order chi connectivity index (χ0) is 10.6. The standard InChI is InChI=1S/C8H16N2O3.ClH/c1-8(2,3)13-6(11)4-5(9)7(10)12;/h5H,4,9H2,1-3H3,(H2,10,12);1H/t5-;/m0./s1. The van der Waals surface area contributed by atoms with Crippen LogP contribution >= 0.6 is 12.4 Å². The van der Waals surface area contributed by atoms with Crippen molar-refractivity contribution in [3.8, 4) is 0 Å². The molecule has 0 aromatic carbocycles. The van der Waals surface area contributed by atoms with Gasteiger partial charge in [-0.2, -0.15) is 0 Å². The molecule has 0 heterocycles. The molecule has 5 nitrogen and oxygen atoms in total. The Morgan fingerprint density at radius 2 is 1.79 bits per heavy atom. The fourth-order valence-electron chi connectivity index (χ4n) is 0.663. The molecule has 0 saturated carbocycles. The molecule has 0 rings (SSSR count). The van der Waals surface area contributed by atoms with E-state index < -0.39 is 23.5 Å². The van der Waals surface area contributed by atoms with Crippen molar-refractivity contribution in [1.29, 1.82) is 0 Å². The van der Waals surface area contributed by atoms with Crippen LogP contribution in [0.5, 0.6) is 0 Å². The number of ether oxygens (including phenoxy) is 1. The molecule has 0 aliphatic heterocycles. The molecule has 4 N–H and O–H groups in total. The first kappa shape index (κ1) is 15.7. The van der Waals surface area contributed by atoms with E-state index in [1.807, 2.05) is 0 Å². The van der Waals surface area contributed by atoms with Crippen LogP contribution in [0.15, 0.2) is 0 Å². The van der Waals surface area contributed by atoms with Crippen LogP contribution < -0.4 is 11.5 Å². The number of esters is 1. The molecular formula is C8H17ClN2O3. The molecule has 1 atom stereocenters. The average Bonchev–Trinajstić information content (AvgIpc) is 1.81. The van der Waals surface area contributed by atoms with Crippen molar-refractivity contribution in [2.45, 2.75) is 38.8 Å². The number of primary amides is 1. The van der Waals surface area contributed by atoms with E-state index in [4.69, 9.17) is 16.2 Å². The van der Waals surface area contributed by atoms with Gasteiger partial charge in [-0.3, -0.25) is 9.59 Å². The molecule has 0 aliphatic rings. The molecule has 0 radical (unpaired) electrons. The van der Waals surface area contributed by atoms with Gasteiger partial charge in [-0.1, -0.05) is 0 Å². The zero-order valence-corrected chi connectivity index (χ0v) is 9.39. The summed E-state index contributed by atoms with van der Waals surface area (Å²) in [6.45, 7) is 5.21. The van der Waals surface area contributed by atoms with E-state index in [9.17, 15) is 9.59 Å². The van der Waals surface area contributed by atoms with Crippen LogP contribution in [0.2, 0.25) is 0 Å². The van der Waals surface area contributed by atoms with Gasteiger partial charge >= 0.3 is 5.97 Å². The Balaban J connectivity index is 0. The van der Waals surface area contributed by atoms with E-state index in [1.54, 1.807) is 20.8 Å². The minimum atomic E-state index is -0.963. The second kappa shape index (κ2) is 5.82. The third-order valence-corrected chi connectivity index (χ3v) is 1.17. The SMILES string of the molecule is CC(C)(C)OC(=O)C[C@H](N)C(N)=O.Cl. The fraction of sp³-hybridized carbons (Fsp3) is 0.750. The first-order valence-electron chi connectivity index (χ1n) is 3.99. The van der Waals surface area contributed by atoms with E-state index in [0.29, 0.717) is 0 Å². The maximum Gasteiger partial charge on any atom is 0.308 e. The number of nitrogens with two attached hydrogens (primary N) is 2. The van der Waals surface area contributed by atoms with E-state index in [0.717, 1.165) is 0 Å². The van der Waals surface area contributed by atoms with Crippen LogP contribution in [0.3, 0.4) is 0 Å². The molecule has 84 valence electrons. The second-order valence-electron chi connectivity index (χ2n) is 3.80. The van der Waals surface area contributed by atoms with E-state index in [1.165, 1.54) is 0 Å². The summed E-state index contributed by atoms with van der Waals surface area (Å²) in [5.74, 6) is -1.22. The quantitative estimate of drug-likeness (QED) is 0.658. The molecular weight excluding hydrogens is 208 g/mol. The molecule has 1 amide bonds. The lowest BCUT2D eigenvalue weighted by Gasteiger charge is -2.20. The Morgan fingerprint density at radius 3 is 2.07 bits per heavy atom.